The van der Waals surface area contributed by atoms with Gasteiger partial charge in [-0.2, -0.15) is 0 Å². The predicted molar refractivity (Wildman–Crippen MR) is 73.6 cm³/mol. The van der Waals surface area contributed by atoms with Crippen LogP contribution < -0.4 is 16.4 Å². The molecule has 6 heteroatoms. The Morgan fingerprint density at radius 3 is 2.21 bits per heavy atom. The van der Waals surface area contributed by atoms with Crippen LogP contribution in [0.25, 0.3) is 0 Å². The highest BCUT2D eigenvalue weighted by Gasteiger charge is 2.19. The third kappa shape index (κ3) is 7.69. The van der Waals surface area contributed by atoms with E-state index < -0.39 is 12.1 Å². The van der Waals surface area contributed by atoms with Crippen LogP contribution in [0.15, 0.2) is 0 Å². The van der Waals surface area contributed by atoms with Crippen LogP contribution in [0.5, 0.6) is 0 Å². The molecule has 0 spiro atoms. The standard InChI is InChI=1S/C13H25N3O3/c1-8(2)5-10(14)12(18)7-16-13(19)6-11(15-4)9(3)17/h8,10-11,15H,5-7,14H2,1-4H3,(H,16,19). The number of hydrogen-bond acceptors (Lipinski definition) is 5. The summed E-state index contributed by atoms with van der Waals surface area (Å²) in [7, 11) is 1.61. The first-order valence-electron chi connectivity index (χ1n) is 6.50. The molecular weight excluding hydrogens is 246 g/mol. The van der Waals surface area contributed by atoms with E-state index in [1.54, 1.807) is 7.05 Å². The van der Waals surface area contributed by atoms with Gasteiger partial charge in [0.25, 0.3) is 0 Å². The minimum atomic E-state index is -0.548. The van der Waals surface area contributed by atoms with Crippen LogP contribution in [0, 0.1) is 5.92 Å². The lowest BCUT2D eigenvalue weighted by molar-refractivity contribution is -0.128. The van der Waals surface area contributed by atoms with E-state index in [1.807, 2.05) is 13.8 Å². The number of nitrogens with two attached hydrogens (primary N) is 1. The van der Waals surface area contributed by atoms with Crippen LogP contribution in [0.3, 0.4) is 0 Å². The van der Waals surface area contributed by atoms with E-state index in [-0.39, 0.29) is 30.4 Å². The van der Waals surface area contributed by atoms with Gasteiger partial charge in [0, 0.05) is 6.42 Å². The molecule has 6 nitrogen and oxygen atoms in total. The SMILES string of the molecule is CNC(CC(=O)NCC(=O)C(N)CC(C)C)C(C)=O. The van der Waals surface area contributed by atoms with Gasteiger partial charge in [-0.25, -0.2) is 0 Å². The van der Waals surface area contributed by atoms with Crippen molar-refractivity contribution < 1.29 is 14.4 Å². The number of nitrogens with one attached hydrogen (secondary N) is 2. The normalized spacial score (nSPS) is 14.0. The molecule has 0 rings (SSSR count). The van der Waals surface area contributed by atoms with Gasteiger partial charge in [0.2, 0.25) is 5.91 Å². The highest BCUT2D eigenvalue weighted by Crippen LogP contribution is 2.03. The summed E-state index contributed by atoms with van der Waals surface area (Å²) < 4.78 is 0. The zero-order chi connectivity index (χ0) is 15.0. The largest absolute Gasteiger partial charge is 0.349 e. The first-order chi connectivity index (χ1) is 8.77. The summed E-state index contributed by atoms with van der Waals surface area (Å²) in [5.41, 5.74) is 5.71. The number of likely N-dealkylation sites (N-methyl/N-ethyl adjacent to an activating group) is 1. The van der Waals surface area contributed by atoms with E-state index >= 15 is 0 Å². The molecule has 0 heterocycles. The summed E-state index contributed by atoms with van der Waals surface area (Å²) in [4.78, 5) is 34.4. The molecule has 1 amide bonds. The fraction of sp³-hybridized carbons (Fsp3) is 0.769. The minimum Gasteiger partial charge on any atom is -0.349 e. The van der Waals surface area contributed by atoms with Crippen molar-refractivity contribution in [2.45, 2.75) is 45.7 Å². The van der Waals surface area contributed by atoms with Crippen molar-refractivity contribution in [2.24, 2.45) is 11.7 Å². The molecule has 0 aromatic heterocycles. The quantitative estimate of drug-likeness (QED) is 0.530. The molecule has 2 unspecified atom stereocenters. The average Bonchev–Trinajstić information content (AvgIpc) is 2.31. The maximum absolute atomic E-state index is 11.6. The molecule has 0 aliphatic carbocycles. The van der Waals surface area contributed by atoms with Crippen molar-refractivity contribution in [3.8, 4) is 0 Å². The molecular formula is C13H25N3O3. The second-order valence-corrected chi connectivity index (χ2v) is 5.14. The summed E-state index contributed by atoms with van der Waals surface area (Å²) in [6.07, 6.45) is 0.625. The van der Waals surface area contributed by atoms with Crippen molar-refractivity contribution in [3.05, 3.63) is 0 Å². The van der Waals surface area contributed by atoms with Crippen LogP contribution in [-0.2, 0) is 14.4 Å². The number of amides is 1. The first kappa shape index (κ1) is 17.7. The minimum absolute atomic E-state index is 0.0263. The summed E-state index contributed by atoms with van der Waals surface area (Å²) in [6, 6.07) is -1.06. The molecule has 2 atom stereocenters. The lowest BCUT2D eigenvalue weighted by Gasteiger charge is -2.15. The Hall–Kier alpha value is -1.27. The fourth-order valence-electron chi connectivity index (χ4n) is 1.66. The van der Waals surface area contributed by atoms with Gasteiger partial charge in [-0.05, 0) is 26.3 Å². The summed E-state index contributed by atoms with van der Waals surface area (Å²) in [6.45, 7) is 5.30. The molecule has 0 saturated heterocycles. The second-order valence-electron chi connectivity index (χ2n) is 5.14. The fourth-order valence-corrected chi connectivity index (χ4v) is 1.66. The number of hydrogen-bond donors (Lipinski definition) is 3. The lowest BCUT2D eigenvalue weighted by Crippen LogP contribution is -2.43. The van der Waals surface area contributed by atoms with Crippen molar-refractivity contribution in [1.29, 1.82) is 0 Å². The first-order valence-corrected chi connectivity index (χ1v) is 6.50. The molecule has 0 aromatic carbocycles. The molecule has 0 bridgehead atoms. The predicted octanol–water partition coefficient (Wildman–Crippen LogP) is -0.388. The van der Waals surface area contributed by atoms with Gasteiger partial charge >= 0.3 is 0 Å². The van der Waals surface area contributed by atoms with Crippen LogP contribution in [0.1, 0.15) is 33.6 Å². The van der Waals surface area contributed by atoms with Crippen LogP contribution in [0.4, 0.5) is 0 Å². The van der Waals surface area contributed by atoms with Gasteiger partial charge in [-0.1, -0.05) is 13.8 Å². The summed E-state index contributed by atoms with van der Waals surface area (Å²) in [5.74, 6) is -0.299. The highest BCUT2D eigenvalue weighted by atomic mass is 16.2. The lowest BCUT2D eigenvalue weighted by atomic mass is 10.0. The van der Waals surface area contributed by atoms with Crippen LogP contribution >= 0.6 is 0 Å². The third-order valence-corrected chi connectivity index (χ3v) is 2.83. The number of Topliss-reactive ketones (excluding diaryl/α,β-unsaturated/α-hetero) is 2. The maximum atomic E-state index is 11.6. The van der Waals surface area contributed by atoms with Gasteiger partial charge in [0.15, 0.2) is 5.78 Å². The highest BCUT2D eigenvalue weighted by molar-refractivity contribution is 5.92. The maximum Gasteiger partial charge on any atom is 0.222 e. The molecule has 0 aliphatic heterocycles. The molecule has 0 radical (unpaired) electrons. The smallest absolute Gasteiger partial charge is 0.222 e. The average molecular weight is 271 g/mol. The van der Waals surface area contributed by atoms with Gasteiger partial charge in [-0.15, -0.1) is 0 Å². The van der Waals surface area contributed by atoms with E-state index in [1.165, 1.54) is 6.92 Å². The Bertz CT molecular complexity index is 329. The Morgan fingerprint density at radius 2 is 1.79 bits per heavy atom. The molecule has 0 saturated carbocycles. The number of ketones is 2. The number of carbonyl (C=O) groups excluding carboxylic acids is 3. The van der Waals surface area contributed by atoms with Crippen molar-refractivity contribution in [2.75, 3.05) is 13.6 Å². The molecule has 110 valence electrons. The summed E-state index contributed by atoms with van der Waals surface area (Å²) in [5, 5.41) is 5.24. The van der Waals surface area contributed by atoms with Crippen molar-refractivity contribution in [3.63, 3.8) is 0 Å². The zero-order valence-corrected chi connectivity index (χ0v) is 12.2. The van der Waals surface area contributed by atoms with Crippen LogP contribution in [-0.4, -0.2) is 43.1 Å². The van der Waals surface area contributed by atoms with Gasteiger partial charge < -0.3 is 16.4 Å². The second kappa shape index (κ2) is 8.77. The van der Waals surface area contributed by atoms with Crippen LogP contribution in [0.2, 0.25) is 0 Å². The van der Waals surface area contributed by atoms with E-state index in [0.29, 0.717) is 12.3 Å². The third-order valence-electron chi connectivity index (χ3n) is 2.83. The van der Waals surface area contributed by atoms with Gasteiger partial charge in [0.05, 0.1) is 18.6 Å². The summed E-state index contributed by atoms with van der Waals surface area (Å²) >= 11 is 0. The van der Waals surface area contributed by atoms with Gasteiger partial charge in [-0.3, -0.25) is 14.4 Å². The number of carbonyl (C=O) groups is 3. The Kier molecular flexibility index (Phi) is 8.18. The monoisotopic (exact) mass is 271 g/mol. The van der Waals surface area contributed by atoms with E-state index in [2.05, 4.69) is 10.6 Å². The van der Waals surface area contributed by atoms with Gasteiger partial charge in [0.1, 0.15) is 5.78 Å². The zero-order valence-electron chi connectivity index (χ0n) is 12.2. The Labute approximate surface area is 114 Å². The molecule has 4 N–H and O–H groups in total. The molecule has 0 aromatic rings. The Morgan fingerprint density at radius 1 is 1.21 bits per heavy atom. The number of rotatable bonds is 9. The van der Waals surface area contributed by atoms with Crippen molar-refractivity contribution in [1.82, 2.24) is 10.6 Å². The molecule has 0 fully saturated rings. The topological polar surface area (TPSA) is 101 Å². The van der Waals surface area contributed by atoms with E-state index in [4.69, 9.17) is 5.73 Å². The Balaban J connectivity index is 4.09. The van der Waals surface area contributed by atoms with E-state index in [9.17, 15) is 14.4 Å². The molecule has 0 aliphatic rings. The van der Waals surface area contributed by atoms with E-state index in [0.717, 1.165) is 0 Å². The molecule has 19 heavy (non-hydrogen) atoms. The van der Waals surface area contributed by atoms with Crippen molar-refractivity contribution >= 4 is 17.5 Å².